The molecule has 0 aliphatic rings. The predicted octanol–water partition coefficient (Wildman–Crippen LogP) is 2.40. The molecule has 4 nitrogen and oxygen atoms in total. The van der Waals surface area contributed by atoms with E-state index >= 15 is 0 Å². The quantitative estimate of drug-likeness (QED) is 0.908. The van der Waals surface area contributed by atoms with E-state index < -0.39 is 27.2 Å². The number of benzene rings is 1. The first kappa shape index (κ1) is 16.8. The summed E-state index contributed by atoms with van der Waals surface area (Å²) in [5.41, 5.74) is -1.62. The maximum Gasteiger partial charge on any atom is 0.416 e. The molecule has 0 atom stereocenters. The van der Waals surface area contributed by atoms with Gasteiger partial charge in [-0.2, -0.15) is 13.2 Å². The van der Waals surface area contributed by atoms with Gasteiger partial charge in [0, 0.05) is 5.41 Å². The second kappa shape index (κ2) is 5.61. The van der Waals surface area contributed by atoms with Crippen molar-refractivity contribution < 1.29 is 26.3 Å². The van der Waals surface area contributed by atoms with E-state index in [9.17, 15) is 21.6 Å². The highest BCUT2D eigenvalue weighted by atomic mass is 32.2. The van der Waals surface area contributed by atoms with Gasteiger partial charge in [-0.05, 0) is 18.2 Å². The van der Waals surface area contributed by atoms with Crippen molar-refractivity contribution in [1.29, 1.82) is 0 Å². The summed E-state index contributed by atoms with van der Waals surface area (Å²) in [5, 5.41) is 4.94. The zero-order chi connectivity index (χ0) is 15.6. The molecule has 0 saturated carbocycles. The van der Waals surface area contributed by atoms with Crippen LogP contribution >= 0.6 is 0 Å². The van der Waals surface area contributed by atoms with Crippen LogP contribution in [0, 0.1) is 5.41 Å². The lowest BCUT2D eigenvalue weighted by Crippen LogP contribution is -2.33. The Morgan fingerprint density at radius 3 is 2.35 bits per heavy atom. The Labute approximate surface area is 115 Å². The van der Waals surface area contributed by atoms with Gasteiger partial charge in [0.05, 0.1) is 17.9 Å². The van der Waals surface area contributed by atoms with E-state index in [1.165, 1.54) is 12.1 Å². The van der Waals surface area contributed by atoms with Gasteiger partial charge in [0.1, 0.15) is 5.75 Å². The molecule has 0 aliphatic carbocycles. The van der Waals surface area contributed by atoms with Crippen LogP contribution in [-0.4, -0.2) is 20.8 Å². The highest BCUT2D eigenvalue weighted by molar-refractivity contribution is 7.89. The van der Waals surface area contributed by atoms with Crippen molar-refractivity contribution in [2.24, 2.45) is 10.6 Å². The predicted molar refractivity (Wildman–Crippen MR) is 68.7 cm³/mol. The number of alkyl halides is 3. The van der Waals surface area contributed by atoms with E-state index in [1.54, 1.807) is 13.8 Å². The van der Waals surface area contributed by atoms with E-state index in [-0.39, 0.29) is 18.1 Å². The molecule has 0 unspecified atom stereocenters. The van der Waals surface area contributed by atoms with Gasteiger partial charge in [-0.25, -0.2) is 13.6 Å². The third kappa shape index (κ3) is 5.79. The van der Waals surface area contributed by atoms with Gasteiger partial charge in [0.15, 0.2) is 0 Å². The largest absolute Gasteiger partial charge is 0.493 e. The molecular weight excluding hydrogens is 295 g/mol. The average Bonchev–Trinajstić information content (AvgIpc) is 2.22. The Balaban J connectivity index is 2.76. The number of rotatable bonds is 5. The molecule has 1 aromatic carbocycles. The molecule has 114 valence electrons. The third-order valence-corrected chi connectivity index (χ3v) is 3.57. The Hall–Kier alpha value is -1.28. The maximum absolute atomic E-state index is 12.5. The summed E-state index contributed by atoms with van der Waals surface area (Å²) < 4.78 is 64.8. The number of hydrogen-bond acceptors (Lipinski definition) is 3. The molecule has 1 aromatic rings. The van der Waals surface area contributed by atoms with Crippen LogP contribution in [0.5, 0.6) is 5.75 Å². The van der Waals surface area contributed by atoms with Crippen LogP contribution in [0.1, 0.15) is 19.4 Å². The smallest absolute Gasteiger partial charge is 0.416 e. The SMILES string of the molecule is CC(C)(COc1cccc(C(F)(F)F)c1)CS(N)(=O)=O. The van der Waals surface area contributed by atoms with Crippen molar-refractivity contribution in [3.63, 3.8) is 0 Å². The van der Waals surface area contributed by atoms with Crippen molar-refractivity contribution in [3.05, 3.63) is 29.8 Å². The molecule has 0 amide bonds. The van der Waals surface area contributed by atoms with Gasteiger partial charge in [-0.15, -0.1) is 0 Å². The number of sulfonamides is 1. The van der Waals surface area contributed by atoms with E-state index in [2.05, 4.69) is 0 Å². The molecule has 0 bridgehead atoms. The molecule has 0 saturated heterocycles. The summed E-state index contributed by atoms with van der Waals surface area (Å²) >= 11 is 0. The maximum atomic E-state index is 12.5. The Kier molecular flexibility index (Phi) is 4.70. The van der Waals surface area contributed by atoms with Gasteiger partial charge >= 0.3 is 6.18 Å². The summed E-state index contributed by atoms with van der Waals surface area (Å²) in [6.45, 7) is 3.14. The van der Waals surface area contributed by atoms with Gasteiger partial charge < -0.3 is 4.74 Å². The molecule has 0 aromatic heterocycles. The Morgan fingerprint density at radius 2 is 1.85 bits per heavy atom. The van der Waals surface area contributed by atoms with E-state index in [4.69, 9.17) is 9.88 Å². The minimum absolute atomic E-state index is 0.0299. The van der Waals surface area contributed by atoms with E-state index in [1.807, 2.05) is 0 Å². The van der Waals surface area contributed by atoms with Crippen molar-refractivity contribution in [3.8, 4) is 5.75 Å². The molecular formula is C12H16F3NO3S. The summed E-state index contributed by atoms with van der Waals surface area (Å²) in [6, 6.07) is 4.41. The van der Waals surface area contributed by atoms with Gasteiger partial charge in [-0.1, -0.05) is 19.9 Å². The molecule has 0 spiro atoms. The average molecular weight is 311 g/mol. The van der Waals surface area contributed by atoms with Crippen LogP contribution in [0.15, 0.2) is 24.3 Å². The van der Waals surface area contributed by atoms with E-state index in [0.29, 0.717) is 0 Å². The second-order valence-electron chi connectivity index (χ2n) is 5.29. The summed E-state index contributed by atoms with van der Waals surface area (Å²) in [4.78, 5) is 0. The lowest BCUT2D eigenvalue weighted by atomic mass is 9.98. The Morgan fingerprint density at radius 1 is 1.25 bits per heavy atom. The van der Waals surface area contributed by atoms with Crippen LogP contribution in [0.2, 0.25) is 0 Å². The summed E-state index contributed by atoms with van der Waals surface area (Å²) in [6.07, 6.45) is -4.45. The molecule has 0 aliphatic heterocycles. The number of ether oxygens (including phenoxy) is 1. The first-order chi connectivity index (χ1) is 8.89. The van der Waals surface area contributed by atoms with Gasteiger partial charge in [0.25, 0.3) is 0 Å². The fourth-order valence-electron chi connectivity index (χ4n) is 1.63. The number of primary sulfonamides is 1. The lowest BCUT2D eigenvalue weighted by Gasteiger charge is -2.23. The number of hydrogen-bond donors (Lipinski definition) is 1. The standard InChI is InChI=1S/C12H16F3NO3S/c1-11(2,8-20(16,17)18)7-19-10-5-3-4-9(6-10)12(13,14)15/h3-6H,7-8H2,1-2H3,(H2,16,17,18). The van der Waals surface area contributed by atoms with Crippen molar-refractivity contribution >= 4 is 10.0 Å². The third-order valence-electron chi connectivity index (χ3n) is 2.38. The van der Waals surface area contributed by atoms with Crippen LogP contribution in [0.25, 0.3) is 0 Å². The molecule has 0 radical (unpaired) electrons. The fraction of sp³-hybridized carbons (Fsp3) is 0.500. The second-order valence-corrected chi connectivity index (χ2v) is 6.90. The van der Waals surface area contributed by atoms with Gasteiger partial charge in [0.2, 0.25) is 10.0 Å². The van der Waals surface area contributed by atoms with Crippen molar-refractivity contribution in [1.82, 2.24) is 0 Å². The minimum Gasteiger partial charge on any atom is -0.493 e. The topological polar surface area (TPSA) is 69.4 Å². The van der Waals surface area contributed by atoms with E-state index in [0.717, 1.165) is 12.1 Å². The number of halogens is 3. The molecule has 8 heteroatoms. The molecule has 0 heterocycles. The minimum atomic E-state index is -4.45. The summed E-state index contributed by atoms with van der Waals surface area (Å²) in [7, 11) is -3.68. The first-order valence-electron chi connectivity index (χ1n) is 5.70. The lowest BCUT2D eigenvalue weighted by molar-refractivity contribution is -0.137. The highest BCUT2D eigenvalue weighted by Gasteiger charge is 2.31. The molecule has 0 fully saturated rings. The Bertz CT molecular complexity index is 568. The normalized spacial score (nSPS) is 13.3. The highest BCUT2D eigenvalue weighted by Crippen LogP contribution is 2.31. The number of nitrogens with two attached hydrogens (primary N) is 1. The van der Waals surface area contributed by atoms with Crippen LogP contribution in [0.4, 0.5) is 13.2 Å². The van der Waals surface area contributed by atoms with Crippen molar-refractivity contribution in [2.45, 2.75) is 20.0 Å². The molecule has 2 N–H and O–H groups in total. The monoisotopic (exact) mass is 311 g/mol. The molecule has 1 rings (SSSR count). The zero-order valence-electron chi connectivity index (χ0n) is 11.1. The molecule has 20 heavy (non-hydrogen) atoms. The fourth-order valence-corrected chi connectivity index (χ4v) is 2.80. The van der Waals surface area contributed by atoms with Crippen LogP contribution < -0.4 is 9.88 Å². The van der Waals surface area contributed by atoms with Crippen LogP contribution in [-0.2, 0) is 16.2 Å². The summed E-state index contributed by atoms with van der Waals surface area (Å²) in [5.74, 6) is -0.291. The van der Waals surface area contributed by atoms with Gasteiger partial charge in [-0.3, -0.25) is 0 Å². The zero-order valence-corrected chi connectivity index (χ0v) is 11.9. The van der Waals surface area contributed by atoms with Crippen LogP contribution in [0.3, 0.4) is 0 Å². The van der Waals surface area contributed by atoms with Crippen molar-refractivity contribution in [2.75, 3.05) is 12.4 Å². The first-order valence-corrected chi connectivity index (χ1v) is 7.41.